The van der Waals surface area contributed by atoms with Crippen LogP contribution in [0.4, 0.5) is 0 Å². The van der Waals surface area contributed by atoms with Crippen LogP contribution in [-0.2, 0) is 4.79 Å². The minimum atomic E-state index is -0.798. The fraction of sp³-hybridized carbons (Fsp3) is 0.625. The van der Waals surface area contributed by atoms with Crippen molar-refractivity contribution >= 4 is 5.97 Å². The lowest BCUT2D eigenvalue weighted by Crippen LogP contribution is -2.19. The third-order valence-corrected chi connectivity index (χ3v) is 1.62. The van der Waals surface area contributed by atoms with Gasteiger partial charge in [0.05, 0.1) is 5.92 Å². The lowest BCUT2D eigenvalue weighted by Gasteiger charge is -2.11. The van der Waals surface area contributed by atoms with Gasteiger partial charge < -0.3 is 5.11 Å². The predicted octanol–water partition coefficient (Wildman–Crippen LogP) is 1.37. The Morgan fingerprint density at radius 3 is 2.40 bits per heavy atom. The van der Waals surface area contributed by atoms with Gasteiger partial charge in [-0.3, -0.25) is 4.79 Å². The van der Waals surface area contributed by atoms with E-state index in [0.717, 1.165) is 0 Å². The van der Waals surface area contributed by atoms with Gasteiger partial charge >= 0.3 is 5.97 Å². The van der Waals surface area contributed by atoms with Crippen molar-refractivity contribution in [3.8, 4) is 12.3 Å². The molecule has 0 heterocycles. The maximum absolute atomic E-state index is 10.4. The molecule has 0 aromatic carbocycles. The highest BCUT2D eigenvalue weighted by Crippen LogP contribution is 2.13. The molecule has 56 valence electrons. The minimum absolute atomic E-state index is 0.164. The number of carbonyl (C=O) groups is 1. The smallest absolute Gasteiger partial charge is 0.307 e. The average Bonchev–Trinajstić information content (AvgIpc) is 1.88. The molecule has 2 atom stereocenters. The monoisotopic (exact) mass is 140 g/mol. The van der Waals surface area contributed by atoms with Gasteiger partial charge in [-0.25, -0.2) is 0 Å². The van der Waals surface area contributed by atoms with E-state index >= 15 is 0 Å². The maximum atomic E-state index is 10.4. The van der Waals surface area contributed by atoms with Gasteiger partial charge in [-0.2, -0.15) is 0 Å². The molecule has 2 nitrogen and oxygen atoms in total. The third-order valence-electron chi connectivity index (χ3n) is 1.62. The fourth-order valence-corrected chi connectivity index (χ4v) is 0.858. The Labute approximate surface area is 61.2 Å². The molecule has 0 spiro atoms. The topological polar surface area (TPSA) is 37.3 Å². The van der Waals surface area contributed by atoms with E-state index in [9.17, 15) is 4.79 Å². The highest BCUT2D eigenvalue weighted by Gasteiger charge is 2.20. The molecule has 0 aromatic rings. The van der Waals surface area contributed by atoms with Crippen LogP contribution in [0.1, 0.15) is 20.3 Å². The highest BCUT2D eigenvalue weighted by atomic mass is 16.4. The summed E-state index contributed by atoms with van der Waals surface area (Å²) in [7, 11) is 0. The summed E-state index contributed by atoms with van der Waals surface area (Å²) in [6.45, 7) is 3.58. The summed E-state index contributed by atoms with van der Waals surface area (Å²) in [6.07, 6.45) is 5.67. The first-order valence-electron chi connectivity index (χ1n) is 3.32. The summed E-state index contributed by atoms with van der Waals surface area (Å²) < 4.78 is 0. The molecule has 0 bridgehead atoms. The number of carboxylic acid groups (broad SMARTS) is 1. The van der Waals surface area contributed by atoms with E-state index in [4.69, 9.17) is 11.5 Å². The Bertz CT molecular complexity index is 155. The van der Waals surface area contributed by atoms with Gasteiger partial charge in [0.2, 0.25) is 0 Å². The molecule has 0 fully saturated rings. The van der Waals surface area contributed by atoms with Crippen molar-refractivity contribution in [3.63, 3.8) is 0 Å². The van der Waals surface area contributed by atoms with Crippen molar-refractivity contribution in [3.05, 3.63) is 0 Å². The molecule has 10 heavy (non-hydrogen) atoms. The van der Waals surface area contributed by atoms with Gasteiger partial charge in [-0.15, -0.1) is 12.3 Å². The summed E-state index contributed by atoms with van der Waals surface area (Å²) in [5.41, 5.74) is 0. The van der Waals surface area contributed by atoms with E-state index in [2.05, 4.69) is 5.92 Å². The lowest BCUT2D eigenvalue weighted by molar-refractivity contribution is -0.142. The summed E-state index contributed by atoms with van der Waals surface area (Å²) in [5, 5.41) is 8.58. The van der Waals surface area contributed by atoms with E-state index in [1.54, 1.807) is 6.92 Å². The first-order valence-corrected chi connectivity index (χ1v) is 3.32. The van der Waals surface area contributed by atoms with Crippen molar-refractivity contribution in [2.45, 2.75) is 20.3 Å². The molecule has 0 aliphatic heterocycles. The Hall–Kier alpha value is -0.970. The molecular weight excluding hydrogens is 128 g/mol. The molecule has 0 amide bonds. The van der Waals surface area contributed by atoms with Gasteiger partial charge in [-0.05, 0) is 6.42 Å². The summed E-state index contributed by atoms with van der Waals surface area (Å²) in [4.78, 5) is 10.4. The number of hydrogen-bond donors (Lipinski definition) is 1. The minimum Gasteiger partial charge on any atom is -0.481 e. The molecule has 0 aromatic heterocycles. The van der Waals surface area contributed by atoms with Gasteiger partial charge in [0, 0.05) is 5.92 Å². The second-order valence-corrected chi connectivity index (χ2v) is 2.31. The molecule has 0 saturated heterocycles. The summed E-state index contributed by atoms with van der Waals surface area (Å²) >= 11 is 0. The van der Waals surface area contributed by atoms with Crippen molar-refractivity contribution in [1.82, 2.24) is 0 Å². The van der Waals surface area contributed by atoms with Crippen molar-refractivity contribution in [1.29, 1.82) is 0 Å². The van der Waals surface area contributed by atoms with Gasteiger partial charge in [0.15, 0.2) is 0 Å². The quantitative estimate of drug-likeness (QED) is 0.601. The first kappa shape index (κ1) is 9.03. The molecule has 0 radical (unpaired) electrons. The highest BCUT2D eigenvalue weighted by molar-refractivity contribution is 5.70. The second-order valence-electron chi connectivity index (χ2n) is 2.31. The molecule has 0 aliphatic carbocycles. The van der Waals surface area contributed by atoms with Crippen LogP contribution in [0.5, 0.6) is 0 Å². The van der Waals surface area contributed by atoms with Crippen molar-refractivity contribution in [2.24, 2.45) is 11.8 Å². The zero-order chi connectivity index (χ0) is 8.15. The first-order chi connectivity index (χ1) is 4.63. The van der Waals surface area contributed by atoms with Crippen LogP contribution >= 0.6 is 0 Å². The lowest BCUT2D eigenvalue weighted by atomic mass is 9.93. The Morgan fingerprint density at radius 1 is 1.80 bits per heavy atom. The average molecular weight is 140 g/mol. The molecule has 0 rings (SSSR count). The van der Waals surface area contributed by atoms with Crippen LogP contribution < -0.4 is 0 Å². The number of carboxylic acids is 1. The number of hydrogen-bond acceptors (Lipinski definition) is 1. The largest absolute Gasteiger partial charge is 0.481 e. The summed E-state index contributed by atoms with van der Waals surface area (Å²) in [5.74, 6) is 1.07. The Morgan fingerprint density at radius 2 is 2.30 bits per heavy atom. The molecule has 0 aliphatic rings. The van der Waals surface area contributed by atoms with E-state index in [1.807, 2.05) is 6.92 Å². The number of terminal acetylenes is 1. The van der Waals surface area contributed by atoms with Crippen LogP contribution in [-0.4, -0.2) is 11.1 Å². The van der Waals surface area contributed by atoms with E-state index < -0.39 is 5.97 Å². The van der Waals surface area contributed by atoms with Crippen molar-refractivity contribution < 1.29 is 9.90 Å². The Kier molecular flexibility index (Phi) is 3.56. The third kappa shape index (κ3) is 2.10. The van der Waals surface area contributed by atoms with Crippen LogP contribution in [0.2, 0.25) is 0 Å². The fourth-order valence-electron chi connectivity index (χ4n) is 0.858. The van der Waals surface area contributed by atoms with Crippen LogP contribution in [0, 0.1) is 24.2 Å². The van der Waals surface area contributed by atoms with E-state index in [1.165, 1.54) is 0 Å². The zero-order valence-corrected chi connectivity index (χ0v) is 6.29. The SMILES string of the molecule is C#C[C@H](C)[C@@H](CC)C(=O)O. The van der Waals surface area contributed by atoms with Gasteiger partial charge in [0.25, 0.3) is 0 Å². The zero-order valence-electron chi connectivity index (χ0n) is 6.29. The molecule has 0 saturated carbocycles. The maximum Gasteiger partial charge on any atom is 0.307 e. The molecular formula is C8H12O2. The predicted molar refractivity (Wildman–Crippen MR) is 39.4 cm³/mol. The van der Waals surface area contributed by atoms with Crippen LogP contribution in [0.3, 0.4) is 0 Å². The van der Waals surface area contributed by atoms with Gasteiger partial charge in [-0.1, -0.05) is 13.8 Å². The van der Waals surface area contributed by atoms with Crippen LogP contribution in [0.25, 0.3) is 0 Å². The van der Waals surface area contributed by atoms with Crippen LogP contribution in [0.15, 0.2) is 0 Å². The standard InChI is InChI=1S/C8H12O2/c1-4-6(3)7(5-2)8(9)10/h1,6-7H,5H2,2-3H3,(H,9,10)/t6-,7+/m0/s1. The number of rotatable bonds is 3. The molecule has 2 heteroatoms. The molecule has 1 N–H and O–H groups in total. The number of aliphatic carboxylic acids is 1. The van der Waals surface area contributed by atoms with Gasteiger partial charge in [0.1, 0.15) is 0 Å². The van der Waals surface area contributed by atoms with E-state index in [-0.39, 0.29) is 11.8 Å². The second kappa shape index (κ2) is 3.94. The van der Waals surface area contributed by atoms with E-state index in [0.29, 0.717) is 6.42 Å². The van der Waals surface area contributed by atoms with Crippen molar-refractivity contribution in [2.75, 3.05) is 0 Å². The Balaban J connectivity index is 4.09. The normalized spacial score (nSPS) is 15.3. The summed E-state index contributed by atoms with van der Waals surface area (Å²) in [6, 6.07) is 0. The molecule has 0 unspecified atom stereocenters.